The molecule has 3 nitrogen and oxygen atoms in total. The first kappa shape index (κ1) is 15.6. The Bertz CT molecular complexity index is 433. The fraction of sp³-hybridized carbons (Fsp3) is 0.688. The van der Waals surface area contributed by atoms with E-state index in [1.165, 1.54) is 17.7 Å². The van der Waals surface area contributed by atoms with Gasteiger partial charge in [-0.15, -0.1) is 0 Å². The zero-order valence-corrected chi connectivity index (χ0v) is 13.7. The van der Waals surface area contributed by atoms with Crippen LogP contribution >= 0.6 is 11.8 Å². The van der Waals surface area contributed by atoms with E-state index in [1.807, 2.05) is 12.3 Å². The van der Waals surface area contributed by atoms with Crippen LogP contribution in [0.5, 0.6) is 0 Å². The van der Waals surface area contributed by atoms with Gasteiger partial charge in [-0.25, -0.2) is 4.98 Å². The van der Waals surface area contributed by atoms with Crippen LogP contribution in [0.1, 0.15) is 39.2 Å². The number of pyridine rings is 1. The summed E-state index contributed by atoms with van der Waals surface area (Å²) in [4.78, 5) is 7.08. The lowest BCUT2D eigenvalue weighted by atomic mass is 10.0. The van der Waals surface area contributed by atoms with Gasteiger partial charge in [0.2, 0.25) is 0 Å². The van der Waals surface area contributed by atoms with Crippen LogP contribution in [0.15, 0.2) is 18.3 Å². The van der Waals surface area contributed by atoms with Gasteiger partial charge in [-0.2, -0.15) is 11.8 Å². The summed E-state index contributed by atoms with van der Waals surface area (Å²) in [5.74, 6) is 2.32. The van der Waals surface area contributed by atoms with Crippen molar-refractivity contribution in [2.75, 3.05) is 23.7 Å². The molecule has 2 N–H and O–H groups in total. The lowest BCUT2D eigenvalue weighted by Gasteiger charge is -2.25. The summed E-state index contributed by atoms with van der Waals surface area (Å²) < 4.78 is 0.378. The van der Waals surface area contributed by atoms with Crippen LogP contribution in [0.3, 0.4) is 0 Å². The number of hydrogen-bond acceptors (Lipinski definition) is 4. The van der Waals surface area contributed by atoms with Gasteiger partial charge in [-0.1, -0.05) is 26.8 Å². The van der Waals surface area contributed by atoms with Gasteiger partial charge in [0.15, 0.2) is 0 Å². The molecule has 0 spiro atoms. The summed E-state index contributed by atoms with van der Waals surface area (Å²) in [6, 6.07) is 4.44. The monoisotopic (exact) mass is 293 g/mol. The normalized spacial score (nSPS) is 20.5. The Balaban J connectivity index is 2.15. The molecule has 0 aliphatic carbocycles. The van der Waals surface area contributed by atoms with Gasteiger partial charge >= 0.3 is 0 Å². The first-order chi connectivity index (χ1) is 9.52. The molecule has 0 bridgehead atoms. The molecular weight excluding hydrogens is 266 g/mol. The second-order valence-corrected chi connectivity index (χ2v) is 8.01. The minimum Gasteiger partial charge on any atom is -0.356 e. The summed E-state index contributed by atoms with van der Waals surface area (Å²) in [6.45, 7) is 9.00. The maximum Gasteiger partial charge on any atom is 0.131 e. The molecule has 2 rings (SSSR count). The Morgan fingerprint density at radius 1 is 1.45 bits per heavy atom. The highest BCUT2D eigenvalue weighted by molar-refractivity contribution is 8.00. The molecular formula is C16H27N3S. The van der Waals surface area contributed by atoms with E-state index in [4.69, 9.17) is 5.73 Å². The molecule has 0 amide bonds. The highest BCUT2D eigenvalue weighted by Crippen LogP contribution is 2.32. The molecule has 2 heterocycles. The van der Waals surface area contributed by atoms with Crippen LogP contribution in [-0.4, -0.2) is 34.6 Å². The lowest BCUT2D eigenvalue weighted by molar-refractivity contribution is 0.624. The Hall–Kier alpha value is -0.740. The molecule has 1 aliphatic rings. The van der Waals surface area contributed by atoms with E-state index in [0.29, 0.717) is 4.75 Å². The Morgan fingerprint density at radius 3 is 3.00 bits per heavy atom. The van der Waals surface area contributed by atoms with Gasteiger partial charge in [0.05, 0.1) is 0 Å². The molecule has 1 atom stereocenters. The molecule has 0 saturated carbocycles. The molecule has 0 aromatic carbocycles. The number of aromatic nitrogens is 1. The van der Waals surface area contributed by atoms with Crippen LogP contribution in [0.25, 0.3) is 0 Å². The number of nitrogens with zero attached hydrogens (tertiary/aromatic N) is 2. The molecule has 1 aromatic rings. The minimum atomic E-state index is 0.232. The van der Waals surface area contributed by atoms with Gasteiger partial charge < -0.3 is 10.6 Å². The van der Waals surface area contributed by atoms with E-state index in [1.54, 1.807) is 0 Å². The molecule has 4 heteroatoms. The van der Waals surface area contributed by atoms with Crippen LogP contribution in [0.4, 0.5) is 5.82 Å². The molecule has 1 unspecified atom stereocenters. The van der Waals surface area contributed by atoms with E-state index in [0.717, 1.165) is 31.7 Å². The van der Waals surface area contributed by atoms with Crippen LogP contribution in [0.2, 0.25) is 0 Å². The Labute approximate surface area is 127 Å². The van der Waals surface area contributed by atoms with Gasteiger partial charge in [0, 0.05) is 35.8 Å². The van der Waals surface area contributed by atoms with E-state index >= 15 is 0 Å². The molecule has 112 valence electrons. The number of hydrogen-bond donors (Lipinski definition) is 1. The van der Waals surface area contributed by atoms with Crippen molar-refractivity contribution in [1.29, 1.82) is 0 Å². The number of anilines is 1. The highest BCUT2D eigenvalue weighted by atomic mass is 32.2. The topological polar surface area (TPSA) is 42.1 Å². The highest BCUT2D eigenvalue weighted by Gasteiger charge is 2.25. The predicted octanol–water partition coefficient (Wildman–Crippen LogP) is 3.08. The zero-order chi connectivity index (χ0) is 14.6. The van der Waals surface area contributed by atoms with E-state index < -0.39 is 0 Å². The summed E-state index contributed by atoms with van der Waals surface area (Å²) in [5.41, 5.74) is 7.42. The lowest BCUT2D eigenvalue weighted by Crippen LogP contribution is -2.30. The minimum absolute atomic E-state index is 0.232. The summed E-state index contributed by atoms with van der Waals surface area (Å²) in [7, 11) is 0. The first-order valence-electron chi connectivity index (χ1n) is 7.60. The zero-order valence-electron chi connectivity index (χ0n) is 12.9. The van der Waals surface area contributed by atoms with Crippen molar-refractivity contribution in [2.24, 2.45) is 5.73 Å². The molecule has 1 aromatic heterocycles. The standard InChI is InChI=1S/C16H27N3S/c1-4-14(17)12-13-6-5-8-18-15(13)19-9-7-16(2,3)20-11-10-19/h5-6,8,14H,4,7,9-12,17H2,1-3H3. The average molecular weight is 293 g/mol. The Kier molecular flexibility index (Phi) is 5.33. The second-order valence-electron chi connectivity index (χ2n) is 6.20. The largest absolute Gasteiger partial charge is 0.356 e. The first-order valence-corrected chi connectivity index (χ1v) is 8.59. The molecule has 1 fully saturated rings. The number of rotatable bonds is 4. The summed E-state index contributed by atoms with van der Waals surface area (Å²) in [6.07, 6.45) is 5.04. The molecule has 1 aliphatic heterocycles. The van der Waals surface area contributed by atoms with Crippen LogP contribution < -0.4 is 10.6 Å². The third kappa shape index (κ3) is 4.13. The third-order valence-electron chi connectivity index (χ3n) is 4.01. The van der Waals surface area contributed by atoms with Crippen molar-refractivity contribution >= 4 is 17.6 Å². The van der Waals surface area contributed by atoms with E-state index in [2.05, 4.69) is 48.5 Å². The van der Waals surface area contributed by atoms with Crippen molar-refractivity contribution < 1.29 is 0 Å². The summed E-state index contributed by atoms with van der Waals surface area (Å²) in [5, 5.41) is 0. The van der Waals surface area contributed by atoms with Gasteiger partial charge in [0.1, 0.15) is 5.82 Å². The van der Waals surface area contributed by atoms with Crippen LogP contribution in [0, 0.1) is 0 Å². The van der Waals surface area contributed by atoms with Gasteiger partial charge in [-0.05, 0) is 30.9 Å². The smallest absolute Gasteiger partial charge is 0.131 e. The number of nitrogens with two attached hydrogens (primary N) is 1. The van der Waals surface area contributed by atoms with Crippen molar-refractivity contribution in [3.05, 3.63) is 23.9 Å². The SMILES string of the molecule is CCC(N)Cc1cccnc1N1CCSC(C)(C)CC1. The van der Waals surface area contributed by atoms with Crippen molar-refractivity contribution in [1.82, 2.24) is 4.98 Å². The van der Waals surface area contributed by atoms with Crippen LogP contribution in [-0.2, 0) is 6.42 Å². The summed E-state index contributed by atoms with van der Waals surface area (Å²) >= 11 is 2.07. The maximum atomic E-state index is 6.13. The fourth-order valence-electron chi connectivity index (χ4n) is 2.53. The quantitative estimate of drug-likeness (QED) is 0.926. The van der Waals surface area contributed by atoms with Gasteiger partial charge in [0.25, 0.3) is 0 Å². The second kappa shape index (κ2) is 6.81. The van der Waals surface area contributed by atoms with Crippen molar-refractivity contribution in [2.45, 2.75) is 50.8 Å². The maximum absolute atomic E-state index is 6.13. The van der Waals surface area contributed by atoms with E-state index in [-0.39, 0.29) is 6.04 Å². The molecule has 20 heavy (non-hydrogen) atoms. The Morgan fingerprint density at radius 2 is 2.25 bits per heavy atom. The van der Waals surface area contributed by atoms with Crippen molar-refractivity contribution in [3.63, 3.8) is 0 Å². The average Bonchev–Trinajstić information content (AvgIpc) is 2.60. The van der Waals surface area contributed by atoms with Gasteiger partial charge in [-0.3, -0.25) is 0 Å². The predicted molar refractivity (Wildman–Crippen MR) is 89.6 cm³/mol. The third-order valence-corrected chi connectivity index (χ3v) is 5.38. The van der Waals surface area contributed by atoms with Crippen molar-refractivity contribution in [3.8, 4) is 0 Å². The number of thioether (sulfide) groups is 1. The molecule has 1 saturated heterocycles. The fourth-order valence-corrected chi connectivity index (χ4v) is 3.63. The molecule has 0 radical (unpaired) electrons. The van der Waals surface area contributed by atoms with E-state index in [9.17, 15) is 0 Å².